The SMILES string of the molecule is COC(=O)c1ccc(C(=O)N2CCC(N3CCC[C@@H](C)C3)CC2)cc1. The molecule has 1 amide bonds. The van der Waals surface area contributed by atoms with Gasteiger partial charge in [0, 0.05) is 31.2 Å². The van der Waals surface area contributed by atoms with Crippen molar-refractivity contribution in [3.8, 4) is 0 Å². The van der Waals surface area contributed by atoms with Crippen molar-refractivity contribution in [3.05, 3.63) is 35.4 Å². The lowest BCUT2D eigenvalue weighted by Gasteiger charge is -2.41. The van der Waals surface area contributed by atoms with Crippen molar-refractivity contribution in [1.82, 2.24) is 9.80 Å². The minimum Gasteiger partial charge on any atom is -0.465 e. The van der Waals surface area contributed by atoms with Crippen molar-refractivity contribution in [2.75, 3.05) is 33.3 Å². The Bertz CT molecular complexity index is 606. The molecule has 0 unspecified atom stereocenters. The average Bonchev–Trinajstić information content (AvgIpc) is 2.67. The number of likely N-dealkylation sites (tertiary alicyclic amines) is 2. The number of carbonyl (C=O) groups is 2. The smallest absolute Gasteiger partial charge is 0.337 e. The van der Waals surface area contributed by atoms with Gasteiger partial charge < -0.3 is 9.64 Å². The minimum absolute atomic E-state index is 0.0573. The zero-order valence-electron chi connectivity index (χ0n) is 15.2. The number of amides is 1. The Balaban J connectivity index is 1.55. The summed E-state index contributed by atoms with van der Waals surface area (Å²) in [5, 5.41) is 0. The van der Waals surface area contributed by atoms with Gasteiger partial charge in [-0.3, -0.25) is 9.69 Å². The summed E-state index contributed by atoms with van der Waals surface area (Å²) in [6.45, 7) is 6.37. The maximum Gasteiger partial charge on any atom is 0.337 e. The second-order valence-electron chi connectivity index (χ2n) is 7.33. The van der Waals surface area contributed by atoms with E-state index in [1.165, 1.54) is 33.0 Å². The molecule has 0 aromatic heterocycles. The van der Waals surface area contributed by atoms with E-state index in [2.05, 4.69) is 11.8 Å². The summed E-state index contributed by atoms with van der Waals surface area (Å²) < 4.78 is 4.69. The van der Waals surface area contributed by atoms with Gasteiger partial charge in [0.25, 0.3) is 5.91 Å². The van der Waals surface area contributed by atoms with Crippen molar-refractivity contribution >= 4 is 11.9 Å². The van der Waals surface area contributed by atoms with Crippen molar-refractivity contribution in [1.29, 1.82) is 0 Å². The molecule has 0 aliphatic carbocycles. The van der Waals surface area contributed by atoms with Crippen molar-refractivity contribution in [2.45, 2.75) is 38.6 Å². The molecular formula is C20H28N2O3. The zero-order valence-corrected chi connectivity index (χ0v) is 15.2. The van der Waals surface area contributed by atoms with Gasteiger partial charge in [-0.25, -0.2) is 4.79 Å². The Kier molecular flexibility index (Phi) is 5.74. The van der Waals surface area contributed by atoms with Crippen molar-refractivity contribution < 1.29 is 14.3 Å². The molecule has 0 spiro atoms. The lowest BCUT2D eigenvalue weighted by molar-refractivity contribution is 0.0540. The molecule has 0 N–H and O–H groups in total. The summed E-state index contributed by atoms with van der Waals surface area (Å²) in [5.74, 6) is 0.471. The summed E-state index contributed by atoms with van der Waals surface area (Å²) in [6.07, 6.45) is 4.75. The fraction of sp³-hybridized carbons (Fsp3) is 0.600. The van der Waals surface area contributed by atoms with Gasteiger partial charge in [0.1, 0.15) is 0 Å². The quantitative estimate of drug-likeness (QED) is 0.791. The second kappa shape index (κ2) is 8.00. The molecule has 2 heterocycles. The number of hydrogen-bond donors (Lipinski definition) is 0. The van der Waals surface area contributed by atoms with Crippen LogP contribution in [-0.2, 0) is 4.74 Å². The molecule has 0 saturated carbocycles. The number of benzene rings is 1. The zero-order chi connectivity index (χ0) is 17.8. The molecule has 1 aromatic carbocycles. The van der Waals surface area contributed by atoms with E-state index in [-0.39, 0.29) is 11.9 Å². The van der Waals surface area contributed by atoms with E-state index in [9.17, 15) is 9.59 Å². The summed E-state index contributed by atoms with van der Waals surface area (Å²) >= 11 is 0. The molecule has 2 aliphatic rings. The van der Waals surface area contributed by atoms with Crippen LogP contribution in [0.2, 0.25) is 0 Å². The van der Waals surface area contributed by atoms with Crippen molar-refractivity contribution in [2.24, 2.45) is 5.92 Å². The molecule has 0 radical (unpaired) electrons. The number of hydrogen-bond acceptors (Lipinski definition) is 4. The predicted octanol–water partition coefficient (Wildman–Crippen LogP) is 2.81. The van der Waals surface area contributed by atoms with Crippen molar-refractivity contribution in [3.63, 3.8) is 0 Å². The molecule has 25 heavy (non-hydrogen) atoms. The first-order valence-electron chi connectivity index (χ1n) is 9.30. The molecule has 2 aliphatic heterocycles. The van der Waals surface area contributed by atoms with E-state index in [0.717, 1.165) is 31.8 Å². The summed E-state index contributed by atoms with van der Waals surface area (Å²) in [7, 11) is 1.36. The molecule has 1 aromatic rings. The largest absolute Gasteiger partial charge is 0.465 e. The number of ether oxygens (including phenoxy) is 1. The number of nitrogens with zero attached hydrogens (tertiary/aromatic N) is 2. The molecule has 2 fully saturated rings. The molecule has 136 valence electrons. The van der Waals surface area contributed by atoms with Gasteiger partial charge in [0.15, 0.2) is 0 Å². The van der Waals surface area contributed by atoms with Crippen LogP contribution in [0.15, 0.2) is 24.3 Å². The number of methoxy groups -OCH3 is 1. The van der Waals surface area contributed by atoms with E-state index in [1.54, 1.807) is 24.3 Å². The van der Waals surface area contributed by atoms with E-state index in [0.29, 0.717) is 17.2 Å². The Morgan fingerprint density at radius 1 is 1.00 bits per heavy atom. The highest BCUT2D eigenvalue weighted by molar-refractivity contribution is 5.96. The third-order valence-corrected chi connectivity index (χ3v) is 5.51. The van der Waals surface area contributed by atoms with Crippen LogP contribution in [0.4, 0.5) is 0 Å². The van der Waals surface area contributed by atoms with Crippen LogP contribution in [0.1, 0.15) is 53.3 Å². The first kappa shape index (κ1) is 17.9. The van der Waals surface area contributed by atoms with Crippen LogP contribution in [0, 0.1) is 5.92 Å². The lowest BCUT2D eigenvalue weighted by atomic mass is 9.95. The van der Waals surface area contributed by atoms with E-state index in [1.807, 2.05) is 4.90 Å². The van der Waals surface area contributed by atoms with Crippen LogP contribution in [0.25, 0.3) is 0 Å². The summed E-state index contributed by atoms with van der Waals surface area (Å²) in [5.41, 5.74) is 1.11. The highest BCUT2D eigenvalue weighted by Crippen LogP contribution is 2.24. The Labute approximate surface area is 149 Å². The number of rotatable bonds is 3. The molecule has 5 heteroatoms. The number of carbonyl (C=O) groups excluding carboxylic acids is 2. The normalized spacial score (nSPS) is 22.6. The van der Waals surface area contributed by atoms with Crippen LogP contribution >= 0.6 is 0 Å². The van der Waals surface area contributed by atoms with Gasteiger partial charge in [-0.1, -0.05) is 6.92 Å². The van der Waals surface area contributed by atoms with Crippen LogP contribution < -0.4 is 0 Å². The van der Waals surface area contributed by atoms with Gasteiger partial charge in [-0.15, -0.1) is 0 Å². The Morgan fingerprint density at radius 3 is 2.24 bits per heavy atom. The fourth-order valence-corrected chi connectivity index (χ4v) is 4.04. The predicted molar refractivity (Wildman–Crippen MR) is 96.7 cm³/mol. The number of esters is 1. The monoisotopic (exact) mass is 344 g/mol. The third kappa shape index (κ3) is 4.21. The fourth-order valence-electron chi connectivity index (χ4n) is 4.04. The summed E-state index contributed by atoms with van der Waals surface area (Å²) in [4.78, 5) is 28.7. The van der Waals surface area contributed by atoms with Gasteiger partial charge in [-0.05, 0) is 62.4 Å². The first-order chi connectivity index (χ1) is 12.1. The van der Waals surface area contributed by atoms with Gasteiger partial charge in [-0.2, -0.15) is 0 Å². The highest BCUT2D eigenvalue weighted by atomic mass is 16.5. The molecule has 1 atom stereocenters. The van der Waals surface area contributed by atoms with Crippen LogP contribution in [-0.4, -0.2) is 61.0 Å². The standard InChI is InChI=1S/C20H28N2O3/c1-15-4-3-11-22(14-15)18-9-12-21(13-10-18)19(23)16-5-7-17(8-6-16)20(24)25-2/h5-8,15,18H,3-4,9-14H2,1-2H3/t15-/m1/s1. The molecule has 5 nitrogen and oxygen atoms in total. The maximum absolute atomic E-state index is 12.7. The van der Waals surface area contributed by atoms with E-state index < -0.39 is 0 Å². The lowest BCUT2D eigenvalue weighted by Crippen LogP contribution is -2.49. The molecule has 0 bridgehead atoms. The third-order valence-electron chi connectivity index (χ3n) is 5.51. The maximum atomic E-state index is 12.7. The van der Waals surface area contributed by atoms with E-state index >= 15 is 0 Å². The Hall–Kier alpha value is -1.88. The van der Waals surface area contributed by atoms with Gasteiger partial charge >= 0.3 is 5.97 Å². The first-order valence-corrected chi connectivity index (χ1v) is 9.30. The van der Waals surface area contributed by atoms with Crippen LogP contribution in [0.3, 0.4) is 0 Å². The van der Waals surface area contributed by atoms with E-state index in [4.69, 9.17) is 4.74 Å². The van der Waals surface area contributed by atoms with Gasteiger partial charge in [0.2, 0.25) is 0 Å². The molecular weight excluding hydrogens is 316 g/mol. The second-order valence-corrected chi connectivity index (χ2v) is 7.33. The Morgan fingerprint density at radius 2 is 1.64 bits per heavy atom. The summed E-state index contributed by atoms with van der Waals surface area (Å²) in [6, 6.07) is 7.36. The minimum atomic E-state index is -0.379. The van der Waals surface area contributed by atoms with Gasteiger partial charge in [0.05, 0.1) is 12.7 Å². The highest BCUT2D eigenvalue weighted by Gasteiger charge is 2.29. The van der Waals surface area contributed by atoms with Crippen LogP contribution in [0.5, 0.6) is 0 Å². The number of piperidine rings is 2. The topological polar surface area (TPSA) is 49.9 Å². The average molecular weight is 344 g/mol. The molecule has 2 saturated heterocycles. The molecule has 3 rings (SSSR count).